The Morgan fingerprint density at radius 1 is 1.15 bits per heavy atom. The van der Waals surface area contributed by atoms with E-state index in [0.29, 0.717) is 39.3 Å². The van der Waals surface area contributed by atoms with E-state index in [2.05, 4.69) is 21.2 Å². The number of nitrogens with zero attached hydrogens (tertiary/aromatic N) is 4. The second-order valence-electron chi connectivity index (χ2n) is 6.36. The minimum Gasteiger partial charge on any atom is -0.404 e. The molecule has 0 spiro atoms. The Morgan fingerprint density at radius 3 is 2.33 bits per heavy atom. The third kappa shape index (κ3) is 4.57. The van der Waals surface area contributed by atoms with Crippen molar-refractivity contribution in [2.45, 2.75) is 12.4 Å². The number of alkyl halides is 3. The van der Waals surface area contributed by atoms with E-state index in [-0.39, 0.29) is 23.6 Å². The summed E-state index contributed by atoms with van der Waals surface area (Å²) in [5.41, 5.74) is 0.0735. The maximum atomic E-state index is 12.5. The Morgan fingerprint density at radius 2 is 1.81 bits per heavy atom. The van der Waals surface area contributed by atoms with Gasteiger partial charge in [-0.05, 0) is 18.2 Å². The number of ether oxygens (including phenoxy) is 1. The molecule has 0 radical (unpaired) electrons. The predicted molar refractivity (Wildman–Crippen MR) is 89.0 cm³/mol. The van der Waals surface area contributed by atoms with Gasteiger partial charge in [0.2, 0.25) is 5.91 Å². The van der Waals surface area contributed by atoms with Crippen molar-refractivity contribution in [1.82, 2.24) is 19.7 Å². The molecule has 2 aliphatic heterocycles. The van der Waals surface area contributed by atoms with Gasteiger partial charge in [0.25, 0.3) is 5.91 Å². The number of amides is 2. The van der Waals surface area contributed by atoms with Crippen LogP contribution in [0.4, 0.5) is 13.2 Å². The lowest BCUT2D eigenvalue weighted by molar-refractivity contribution is -0.274. The summed E-state index contributed by atoms with van der Waals surface area (Å²) in [5.74, 6) is -0.873. The molecule has 0 aromatic carbocycles. The fourth-order valence-corrected chi connectivity index (χ4v) is 3.15. The Labute approximate surface area is 154 Å². The highest BCUT2D eigenvalue weighted by Gasteiger charge is 2.36. The molecule has 1 aromatic rings. The number of halogens is 3. The van der Waals surface area contributed by atoms with Crippen LogP contribution >= 0.6 is 0 Å². The van der Waals surface area contributed by atoms with Crippen molar-refractivity contribution in [3.63, 3.8) is 0 Å². The first-order chi connectivity index (χ1) is 12.8. The van der Waals surface area contributed by atoms with E-state index < -0.39 is 12.1 Å². The fraction of sp³-hybridized carbons (Fsp3) is 0.471. The van der Waals surface area contributed by atoms with Crippen LogP contribution in [0, 0.1) is 0 Å². The van der Waals surface area contributed by atoms with Crippen molar-refractivity contribution < 1.29 is 27.5 Å². The second-order valence-corrected chi connectivity index (χ2v) is 6.36. The lowest BCUT2D eigenvalue weighted by Gasteiger charge is -2.47. The molecule has 7 nitrogen and oxygen atoms in total. The molecule has 1 aromatic heterocycles. The molecule has 0 aliphatic carbocycles. The third-order valence-corrected chi connectivity index (χ3v) is 4.66. The molecule has 0 atom stereocenters. The summed E-state index contributed by atoms with van der Waals surface area (Å²) in [4.78, 5) is 33.3. The number of pyridine rings is 1. The highest BCUT2D eigenvalue weighted by atomic mass is 19.4. The van der Waals surface area contributed by atoms with Gasteiger partial charge in [-0.1, -0.05) is 6.58 Å². The van der Waals surface area contributed by atoms with E-state index in [1.54, 1.807) is 9.80 Å². The molecule has 0 bridgehead atoms. The average Bonchev–Trinajstić information content (AvgIpc) is 2.59. The van der Waals surface area contributed by atoms with Crippen molar-refractivity contribution in [3.05, 3.63) is 36.7 Å². The van der Waals surface area contributed by atoms with Crippen molar-refractivity contribution in [2.75, 3.05) is 39.3 Å². The molecule has 146 valence electrons. The highest BCUT2D eigenvalue weighted by Crippen LogP contribution is 2.22. The summed E-state index contributed by atoms with van der Waals surface area (Å²) in [6.07, 6.45) is -2.61. The van der Waals surface area contributed by atoms with E-state index >= 15 is 0 Å². The van der Waals surface area contributed by atoms with Crippen LogP contribution in [0.15, 0.2) is 31.0 Å². The zero-order valence-corrected chi connectivity index (χ0v) is 14.5. The molecule has 0 N–H and O–H groups in total. The van der Waals surface area contributed by atoms with Gasteiger partial charge in [0.05, 0.1) is 6.20 Å². The smallest absolute Gasteiger partial charge is 0.404 e. The van der Waals surface area contributed by atoms with Crippen molar-refractivity contribution >= 4 is 11.8 Å². The molecule has 2 amide bonds. The molecular weight excluding hydrogens is 365 g/mol. The summed E-state index contributed by atoms with van der Waals surface area (Å²) in [5, 5.41) is 0. The largest absolute Gasteiger partial charge is 0.573 e. The average molecular weight is 384 g/mol. The molecule has 0 unspecified atom stereocenters. The molecule has 2 aliphatic rings. The van der Waals surface area contributed by atoms with Gasteiger partial charge in [-0.2, -0.15) is 0 Å². The number of likely N-dealkylation sites (tertiary alicyclic amines) is 1. The van der Waals surface area contributed by atoms with Crippen molar-refractivity contribution in [1.29, 1.82) is 0 Å². The van der Waals surface area contributed by atoms with E-state index in [4.69, 9.17) is 0 Å². The van der Waals surface area contributed by atoms with Gasteiger partial charge in [-0.3, -0.25) is 14.5 Å². The second kappa shape index (κ2) is 7.55. The van der Waals surface area contributed by atoms with E-state index in [1.165, 1.54) is 12.1 Å². The van der Waals surface area contributed by atoms with Gasteiger partial charge < -0.3 is 14.5 Å². The van der Waals surface area contributed by atoms with Crippen LogP contribution in [0.5, 0.6) is 5.75 Å². The third-order valence-electron chi connectivity index (χ3n) is 4.66. The van der Waals surface area contributed by atoms with Crippen LogP contribution in [0.3, 0.4) is 0 Å². The van der Waals surface area contributed by atoms with Gasteiger partial charge in [0, 0.05) is 45.3 Å². The lowest BCUT2D eigenvalue weighted by Crippen LogP contribution is -2.64. The predicted octanol–water partition coefficient (Wildman–Crippen LogP) is 1.13. The zero-order valence-electron chi connectivity index (χ0n) is 14.5. The summed E-state index contributed by atoms with van der Waals surface area (Å²) < 4.78 is 40.2. The lowest BCUT2D eigenvalue weighted by atomic mass is 10.1. The molecule has 3 heterocycles. The zero-order chi connectivity index (χ0) is 19.6. The maximum Gasteiger partial charge on any atom is 0.573 e. The number of rotatable bonds is 4. The quantitative estimate of drug-likeness (QED) is 0.729. The van der Waals surface area contributed by atoms with Crippen molar-refractivity contribution in [3.8, 4) is 5.75 Å². The molecule has 3 rings (SSSR count). The molecule has 2 saturated heterocycles. The summed E-state index contributed by atoms with van der Waals surface area (Å²) in [6, 6.07) is 2.58. The first-order valence-electron chi connectivity index (χ1n) is 8.43. The summed E-state index contributed by atoms with van der Waals surface area (Å²) in [6.45, 7) is 7.09. The Hall–Kier alpha value is -2.62. The fourth-order valence-electron chi connectivity index (χ4n) is 3.15. The van der Waals surface area contributed by atoms with Crippen LogP contribution in [0.2, 0.25) is 0 Å². The van der Waals surface area contributed by atoms with Crippen LogP contribution in [0.1, 0.15) is 10.5 Å². The number of hydrogen-bond donors (Lipinski definition) is 0. The van der Waals surface area contributed by atoms with E-state index in [9.17, 15) is 22.8 Å². The first-order valence-corrected chi connectivity index (χ1v) is 8.43. The topological polar surface area (TPSA) is 66.0 Å². The molecule has 10 heteroatoms. The Bertz CT molecular complexity index is 709. The molecule has 27 heavy (non-hydrogen) atoms. The number of hydrogen-bond acceptors (Lipinski definition) is 5. The number of carbonyl (C=O) groups excluding carboxylic acids is 2. The highest BCUT2D eigenvalue weighted by molar-refractivity contribution is 5.92. The minimum atomic E-state index is -4.79. The van der Waals surface area contributed by atoms with E-state index in [1.807, 2.05) is 0 Å². The van der Waals surface area contributed by atoms with Gasteiger partial charge in [-0.15, -0.1) is 13.2 Å². The van der Waals surface area contributed by atoms with Crippen LogP contribution in [-0.4, -0.2) is 83.2 Å². The van der Waals surface area contributed by atoms with Gasteiger partial charge in [-0.25, -0.2) is 4.98 Å². The monoisotopic (exact) mass is 384 g/mol. The van der Waals surface area contributed by atoms with Gasteiger partial charge >= 0.3 is 6.36 Å². The molecule has 2 fully saturated rings. The number of aromatic nitrogens is 1. The van der Waals surface area contributed by atoms with Gasteiger partial charge in [0.1, 0.15) is 11.4 Å². The Kier molecular flexibility index (Phi) is 5.36. The van der Waals surface area contributed by atoms with Crippen molar-refractivity contribution in [2.24, 2.45) is 0 Å². The SMILES string of the molecule is C=CC(=O)N1CC(N2CCN(C(=O)c3ccc(OC(F)(F)F)cn3)CC2)C1. The number of piperazine rings is 1. The van der Waals surface area contributed by atoms with Crippen LogP contribution in [-0.2, 0) is 4.79 Å². The first kappa shape index (κ1) is 19.2. The number of carbonyl (C=O) groups is 2. The molecular formula is C17H19F3N4O3. The minimum absolute atomic E-state index is 0.0735. The van der Waals surface area contributed by atoms with E-state index in [0.717, 1.165) is 12.3 Å². The maximum absolute atomic E-state index is 12.5. The van der Waals surface area contributed by atoms with Gasteiger partial charge in [0.15, 0.2) is 0 Å². The summed E-state index contributed by atoms with van der Waals surface area (Å²) in [7, 11) is 0. The Balaban J connectivity index is 1.49. The standard InChI is InChI=1S/C17H19F3N4O3/c1-2-15(25)24-10-12(11-24)22-5-7-23(8-6-22)16(26)14-4-3-13(9-21-14)27-17(18,19)20/h2-4,9,12H,1,5-8,10-11H2. The molecule has 0 saturated carbocycles. The normalized spacial score (nSPS) is 18.8. The summed E-state index contributed by atoms with van der Waals surface area (Å²) >= 11 is 0. The van der Waals surface area contributed by atoms with Crippen LogP contribution < -0.4 is 4.74 Å². The van der Waals surface area contributed by atoms with Crippen LogP contribution in [0.25, 0.3) is 0 Å².